The quantitative estimate of drug-likeness (QED) is 0.839. The van der Waals surface area contributed by atoms with Gasteiger partial charge in [-0.2, -0.15) is 0 Å². The minimum atomic E-state index is 0.0115. The number of anilines is 1. The molecule has 1 aromatic rings. The summed E-state index contributed by atoms with van der Waals surface area (Å²) >= 11 is 0. The number of hydrogen-bond acceptors (Lipinski definition) is 3. The molecular formula is C17H23NO3. The standard InChI is InChI=1S/C17H23NO3/c1-12(2)21-16-9-8-13(11-19)10-15(16)18-17(20)14-6-4-3-5-7-14/h8-12,14H,3-7H2,1-2H3,(H,18,20). The average Bonchev–Trinajstić information content (AvgIpc) is 2.49. The molecular weight excluding hydrogens is 266 g/mol. The van der Waals surface area contributed by atoms with Gasteiger partial charge < -0.3 is 10.1 Å². The van der Waals surface area contributed by atoms with Crippen LogP contribution in [-0.4, -0.2) is 18.3 Å². The van der Waals surface area contributed by atoms with E-state index in [1.165, 1.54) is 6.42 Å². The lowest BCUT2D eigenvalue weighted by Gasteiger charge is -2.22. The summed E-state index contributed by atoms with van der Waals surface area (Å²) in [5.41, 5.74) is 1.12. The zero-order chi connectivity index (χ0) is 15.2. The Labute approximate surface area is 125 Å². The van der Waals surface area contributed by atoms with E-state index in [2.05, 4.69) is 5.32 Å². The summed E-state index contributed by atoms with van der Waals surface area (Å²) in [6.07, 6.45) is 6.11. The molecule has 0 unspecified atom stereocenters. The van der Waals surface area contributed by atoms with E-state index >= 15 is 0 Å². The Morgan fingerprint density at radius 3 is 2.62 bits per heavy atom. The number of carbonyl (C=O) groups is 2. The number of ether oxygens (including phenoxy) is 1. The Kier molecular flexibility index (Phi) is 5.37. The first-order chi connectivity index (χ1) is 10.1. The Morgan fingerprint density at radius 2 is 2.00 bits per heavy atom. The van der Waals surface area contributed by atoms with Gasteiger partial charge in [0.05, 0.1) is 11.8 Å². The summed E-state index contributed by atoms with van der Waals surface area (Å²) in [5.74, 6) is 0.719. The number of rotatable bonds is 5. The Morgan fingerprint density at radius 1 is 1.29 bits per heavy atom. The van der Waals surface area contributed by atoms with E-state index in [0.717, 1.165) is 32.0 Å². The van der Waals surface area contributed by atoms with Gasteiger partial charge in [0.2, 0.25) is 5.91 Å². The average molecular weight is 289 g/mol. The number of hydrogen-bond donors (Lipinski definition) is 1. The van der Waals surface area contributed by atoms with Crippen molar-refractivity contribution < 1.29 is 14.3 Å². The van der Waals surface area contributed by atoms with Crippen LogP contribution < -0.4 is 10.1 Å². The van der Waals surface area contributed by atoms with Crippen molar-refractivity contribution in [3.63, 3.8) is 0 Å². The maximum Gasteiger partial charge on any atom is 0.227 e. The van der Waals surface area contributed by atoms with Crippen LogP contribution in [-0.2, 0) is 4.79 Å². The first kappa shape index (κ1) is 15.5. The van der Waals surface area contributed by atoms with Gasteiger partial charge in [-0.1, -0.05) is 19.3 Å². The minimum absolute atomic E-state index is 0.0115. The fourth-order valence-corrected chi connectivity index (χ4v) is 2.67. The van der Waals surface area contributed by atoms with Crippen molar-refractivity contribution in [1.82, 2.24) is 0 Å². The van der Waals surface area contributed by atoms with Gasteiger partial charge in [0, 0.05) is 11.5 Å². The molecule has 4 nitrogen and oxygen atoms in total. The molecule has 0 aliphatic heterocycles. The van der Waals surface area contributed by atoms with Crippen molar-refractivity contribution in [2.24, 2.45) is 5.92 Å². The monoisotopic (exact) mass is 289 g/mol. The first-order valence-electron chi connectivity index (χ1n) is 7.67. The van der Waals surface area contributed by atoms with Crippen LogP contribution in [0.2, 0.25) is 0 Å². The second-order valence-electron chi connectivity index (χ2n) is 5.86. The molecule has 1 amide bonds. The summed E-state index contributed by atoms with van der Waals surface area (Å²) in [6, 6.07) is 5.10. The van der Waals surface area contributed by atoms with Crippen LogP contribution in [0.25, 0.3) is 0 Å². The molecule has 1 aliphatic carbocycles. The lowest BCUT2D eigenvalue weighted by Crippen LogP contribution is -2.25. The molecule has 114 valence electrons. The molecule has 1 N–H and O–H groups in total. The summed E-state index contributed by atoms with van der Waals surface area (Å²) < 4.78 is 5.70. The van der Waals surface area contributed by atoms with E-state index in [1.807, 2.05) is 13.8 Å². The molecule has 1 aromatic carbocycles. The third kappa shape index (κ3) is 4.31. The van der Waals surface area contributed by atoms with Gasteiger partial charge in [0.25, 0.3) is 0 Å². The second-order valence-corrected chi connectivity index (χ2v) is 5.86. The highest BCUT2D eigenvalue weighted by Crippen LogP contribution is 2.29. The molecule has 21 heavy (non-hydrogen) atoms. The van der Waals surface area contributed by atoms with Gasteiger partial charge in [-0.25, -0.2) is 0 Å². The van der Waals surface area contributed by atoms with E-state index in [4.69, 9.17) is 4.74 Å². The van der Waals surface area contributed by atoms with E-state index in [1.54, 1.807) is 18.2 Å². The summed E-state index contributed by atoms with van der Waals surface area (Å²) in [7, 11) is 0. The second kappa shape index (κ2) is 7.25. The molecule has 1 fully saturated rings. The van der Waals surface area contributed by atoms with Crippen molar-refractivity contribution in [2.75, 3.05) is 5.32 Å². The van der Waals surface area contributed by atoms with Crippen LogP contribution in [0, 0.1) is 5.92 Å². The van der Waals surface area contributed by atoms with Crippen LogP contribution in [0.15, 0.2) is 18.2 Å². The normalized spacial score (nSPS) is 15.8. The van der Waals surface area contributed by atoms with Crippen molar-refractivity contribution in [1.29, 1.82) is 0 Å². The Hall–Kier alpha value is -1.84. The number of nitrogens with one attached hydrogen (secondary N) is 1. The minimum Gasteiger partial charge on any atom is -0.489 e. The van der Waals surface area contributed by atoms with Gasteiger partial charge >= 0.3 is 0 Å². The molecule has 0 radical (unpaired) electrons. The van der Waals surface area contributed by atoms with E-state index in [9.17, 15) is 9.59 Å². The largest absolute Gasteiger partial charge is 0.489 e. The fraction of sp³-hybridized carbons (Fsp3) is 0.529. The highest BCUT2D eigenvalue weighted by Gasteiger charge is 2.22. The number of amides is 1. The molecule has 0 spiro atoms. The highest BCUT2D eigenvalue weighted by atomic mass is 16.5. The van der Waals surface area contributed by atoms with Crippen LogP contribution in [0.4, 0.5) is 5.69 Å². The van der Waals surface area contributed by atoms with E-state index in [0.29, 0.717) is 17.0 Å². The molecule has 2 rings (SSSR count). The molecule has 1 saturated carbocycles. The molecule has 0 atom stereocenters. The number of carbonyl (C=O) groups excluding carboxylic acids is 2. The van der Waals surface area contributed by atoms with Crippen molar-refractivity contribution >= 4 is 17.9 Å². The summed E-state index contributed by atoms with van der Waals surface area (Å²) in [4.78, 5) is 23.3. The molecule has 0 saturated heterocycles. The summed E-state index contributed by atoms with van der Waals surface area (Å²) in [6.45, 7) is 3.86. The lowest BCUT2D eigenvalue weighted by atomic mass is 9.88. The SMILES string of the molecule is CC(C)Oc1ccc(C=O)cc1NC(=O)C1CCCCC1. The predicted octanol–water partition coefficient (Wildman–Crippen LogP) is 3.81. The van der Waals surface area contributed by atoms with Gasteiger partial charge in [-0.15, -0.1) is 0 Å². The molecule has 0 heterocycles. The maximum absolute atomic E-state index is 12.4. The number of aldehydes is 1. The van der Waals surface area contributed by atoms with Crippen LogP contribution >= 0.6 is 0 Å². The van der Waals surface area contributed by atoms with Crippen molar-refractivity contribution in [3.8, 4) is 5.75 Å². The summed E-state index contributed by atoms with van der Waals surface area (Å²) in [5, 5.41) is 2.94. The molecule has 1 aliphatic rings. The van der Waals surface area contributed by atoms with E-state index < -0.39 is 0 Å². The van der Waals surface area contributed by atoms with Gasteiger partial charge in [-0.05, 0) is 44.9 Å². The molecule has 4 heteroatoms. The Balaban J connectivity index is 2.15. The van der Waals surface area contributed by atoms with Gasteiger partial charge in [-0.3, -0.25) is 9.59 Å². The Bertz CT molecular complexity index is 505. The van der Waals surface area contributed by atoms with Crippen LogP contribution in [0.5, 0.6) is 5.75 Å². The lowest BCUT2D eigenvalue weighted by molar-refractivity contribution is -0.120. The van der Waals surface area contributed by atoms with Crippen molar-refractivity contribution in [2.45, 2.75) is 52.1 Å². The van der Waals surface area contributed by atoms with Crippen LogP contribution in [0.1, 0.15) is 56.3 Å². The fourth-order valence-electron chi connectivity index (χ4n) is 2.67. The predicted molar refractivity (Wildman–Crippen MR) is 82.8 cm³/mol. The first-order valence-corrected chi connectivity index (χ1v) is 7.67. The third-order valence-corrected chi connectivity index (χ3v) is 3.74. The maximum atomic E-state index is 12.4. The van der Waals surface area contributed by atoms with Gasteiger partial charge in [0.15, 0.2) is 0 Å². The van der Waals surface area contributed by atoms with Crippen molar-refractivity contribution in [3.05, 3.63) is 23.8 Å². The molecule has 0 aromatic heterocycles. The third-order valence-electron chi connectivity index (χ3n) is 3.74. The van der Waals surface area contributed by atoms with E-state index in [-0.39, 0.29) is 17.9 Å². The number of benzene rings is 1. The zero-order valence-corrected chi connectivity index (χ0v) is 12.7. The molecule has 0 bridgehead atoms. The highest BCUT2D eigenvalue weighted by molar-refractivity contribution is 5.95. The van der Waals surface area contributed by atoms with Gasteiger partial charge in [0.1, 0.15) is 12.0 Å². The topological polar surface area (TPSA) is 55.4 Å². The van der Waals surface area contributed by atoms with Crippen LogP contribution in [0.3, 0.4) is 0 Å². The smallest absolute Gasteiger partial charge is 0.227 e. The zero-order valence-electron chi connectivity index (χ0n) is 12.7.